The molecular weight excluding hydrogens is 248 g/mol. The summed E-state index contributed by atoms with van der Waals surface area (Å²) in [5.41, 5.74) is 0. The largest absolute Gasteiger partial charge is 0.481 e. The van der Waals surface area contributed by atoms with Gasteiger partial charge in [0.1, 0.15) is 5.78 Å². The first-order valence-electron chi connectivity index (χ1n) is 6.86. The molecule has 2 aliphatic carbocycles. The van der Waals surface area contributed by atoms with Crippen molar-refractivity contribution in [1.29, 1.82) is 0 Å². The topological polar surface area (TPSA) is 86.7 Å². The maximum atomic E-state index is 12.0. The van der Waals surface area contributed by atoms with E-state index in [9.17, 15) is 14.4 Å². The first kappa shape index (κ1) is 12.4. The third kappa shape index (κ3) is 2.43. The number of carboxylic acid groups (broad SMARTS) is 1. The Balaban J connectivity index is 1.66. The van der Waals surface area contributed by atoms with E-state index in [-0.39, 0.29) is 23.7 Å². The number of carboxylic acids is 1. The van der Waals surface area contributed by atoms with Crippen LogP contribution in [0.3, 0.4) is 0 Å². The molecule has 0 aromatic carbocycles. The molecular formula is C13H18N2O4. The molecule has 0 aromatic rings. The number of carbonyl (C=O) groups is 3. The second-order valence-corrected chi connectivity index (χ2v) is 5.93. The van der Waals surface area contributed by atoms with Crippen molar-refractivity contribution in [3.05, 3.63) is 0 Å². The van der Waals surface area contributed by atoms with Gasteiger partial charge in [-0.2, -0.15) is 0 Å². The number of nitrogens with zero attached hydrogens (tertiary/aromatic N) is 1. The minimum Gasteiger partial charge on any atom is -0.481 e. The van der Waals surface area contributed by atoms with Crippen LogP contribution in [0.4, 0.5) is 4.79 Å². The fourth-order valence-corrected chi connectivity index (χ4v) is 3.15. The molecule has 2 atom stereocenters. The third-order valence-electron chi connectivity index (χ3n) is 4.37. The summed E-state index contributed by atoms with van der Waals surface area (Å²) in [4.78, 5) is 36.8. The van der Waals surface area contributed by atoms with Gasteiger partial charge in [0.05, 0.1) is 5.92 Å². The molecule has 1 heterocycles. The van der Waals surface area contributed by atoms with Crippen LogP contribution in [0.5, 0.6) is 0 Å². The van der Waals surface area contributed by atoms with Gasteiger partial charge in [-0.05, 0) is 25.7 Å². The molecule has 3 aliphatic rings. The van der Waals surface area contributed by atoms with Crippen LogP contribution in [0.2, 0.25) is 0 Å². The highest BCUT2D eigenvalue weighted by atomic mass is 16.4. The summed E-state index contributed by atoms with van der Waals surface area (Å²) >= 11 is 0. The lowest BCUT2D eigenvalue weighted by atomic mass is 9.71. The number of rotatable bonds is 2. The summed E-state index contributed by atoms with van der Waals surface area (Å²) < 4.78 is 0. The first-order chi connectivity index (χ1) is 9.04. The number of carbonyl (C=O) groups excluding carboxylic acids is 2. The summed E-state index contributed by atoms with van der Waals surface area (Å²) in [5.74, 6) is -1.69. The van der Waals surface area contributed by atoms with E-state index >= 15 is 0 Å². The van der Waals surface area contributed by atoms with Crippen LogP contribution in [-0.2, 0) is 9.59 Å². The number of hydrogen-bond donors (Lipinski definition) is 2. The normalized spacial score (nSPS) is 34.0. The van der Waals surface area contributed by atoms with Crippen LogP contribution in [-0.4, -0.2) is 46.9 Å². The number of aliphatic carboxylic acids is 1. The Labute approximate surface area is 111 Å². The van der Waals surface area contributed by atoms with E-state index < -0.39 is 11.9 Å². The maximum absolute atomic E-state index is 12.0. The Bertz CT molecular complexity index is 414. The van der Waals surface area contributed by atoms with Gasteiger partial charge >= 0.3 is 12.0 Å². The highest BCUT2D eigenvalue weighted by molar-refractivity contribution is 5.89. The van der Waals surface area contributed by atoms with Crippen LogP contribution in [0, 0.1) is 17.8 Å². The zero-order valence-electron chi connectivity index (χ0n) is 10.7. The van der Waals surface area contributed by atoms with Gasteiger partial charge in [0.2, 0.25) is 0 Å². The van der Waals surface area contributed by atoms with Crippen molar-refractivity contribution in [2.75, 3.05) is 13.1 Å². The van der Waals surface area contributed by atoms with E-state index in [1.54, 1.807) is 4.90 Å². The number of Topliss-reactive ketones (excluding diaryl/α,β-unsaturated/α-hetero) is 1. The van der Waals surface area contributed by atoms with Crippen molar-refractivity contribution in [2.45, 2.75) is 31.7 Å². The van der Waals surface area contributed by atoms with Gasteiger partial charge in [-0.15, -0.1) is 0 Å². The second kappa shape index (κ2) is 4.51. The summed E-state index contributed by atoms with van der Waals surface area (Å²) in [5, 5.41) is 12.0. The van der Waals surface area contributed by atoms with Gasteiger partial charge in [0.15, 0.2) is 0 Å². The predicted octanol–water partition coefficient (Wildman–Crippen LogP) is 0.470. The molecule has 0 aromatic heterocycles. The van der Waals surface area contributed by atoms with Gasteiger partial charge in [-0.25, -0.2) is 4.79 Å². The third-order valence-corrected chi connectivity index (χ3v) is 4.37. The molecule has 3 rings (SSSR count). The van der Waals surface area contributed by atoms with E-state index in [1.165, 1.54) is 0 Å². The molecule has 2 amide bonds. The zero-order chi connectivity index (χ0) is 13.6. The number of urea groups is 1. The molecule has 104 valence electrons. The Morgan fingerprint density at radius 2 is 1.74 bits per heavy atom. The van der Waals surface area contributed by atoms with Crippen molar-refractivity contribution in [3.63, 3.8) is 0 Å². The fraction of sp³-hybridized carbons (Fsp3) is 0.769. The van der Waals surface area contributed by atoms with Gasteiger partial charge in [-0.3, -0.25) is 9.59 Å². The molecule has 6 nitrogen and oxygen atoms in total. The van der Waals surface area contributed by atoms with Gasteiger partial charge < -0.3 is 15.3 Å². The molecule has 2 unspecified atom stereocenters. The SMILES string of the molecule is O=C(O)C1CC2CN(C(=O)NC3CC3)CC(C1)C2=O. The molecule has 1 saturated heterocycles. The van der Waals surface area contributed by atoms with E-state index in [0.717, 1.165) is 12.8 Å². The van der Waals surface area contributed by atoms with E-state index in [0.29, 0.717) is 32.0 Å². The van der Waals surface area contributed by atoms with Crippen LogP contribution in [0.15, 0.2) is 0 Å². The van der Waals surface area contributed by atoms with Crippen molar-refractivity contribution >= 4 is 17.8 Å². The van der Waals surface area contributed by atoms with Gasteiger partial charge in [0, 0.05) is 31.0 Å². The van der Waals surface area contributed by atoms with Crippen molar-refractivity contribution in [1.82, 2.24) is 10.2 Å². The van der Waals surface area contributed by atoms with Gasteiger partial charge in [-0.1, -0.05) is 0 Å². The average Bonchev–Trinajstić information content (AvgIpc) is 3.11. The fourth-order valence-electron chi connectivity index (χ4n) is 3.15. The Morgan fingerprint density at radius 3 is 2.21 bits per heavy atom. The number of hydrogen-bond acceptors (Lipinski definition) is 3. The quantitative estimate of drug-likeness (QED) is 0.760. The first-order valence-corrected chi connectivity index (χ1v) is 6.86. The number of amides is 2. The zero-order valence-corrected chi connectivity index (χ0v) is 10.7. The average molecular weight is 266 g/mol. The minimum absolute atomic E-state index is 0.0984. The van der Waals surface area contributed by atoms with Crippen molar-refractivity contribution < 1.29 is 19.5 Å². The number of nitrogens with one attached hydrogen (secondary N) is 1. The lowest BCUT2D eigenvalue weighted by Crippen LogP contribution is -2.55. The molecule has 2 saturated carbocycles. The number of ketones is 1. The van der Waals surface area contributed by atoms with Crippen molar-refractivity contribution in [3.8, 4) is 0 Å². The predicted molar refractivity (Wildman–Crippen MR) is 65.5 cm³/mol. The van der Waals surface area contributed by atoms with Crippen LogP contribution >= 0.6 is 0 Å². The number of likely N-dealkylation sites (tertiary alicyclic amines) is 1. The lowest BCUT2D eigenvalue weighted by Gasteiger charge is -2.41. The number of fused-ring (bicyclic) bond motifs is 2. The smallest absolute Gasteiger partial charge is 0.317 e. The van der Waals surface area contributed by atoms with Crippen LogP contribution in [0.25, 0.3) is 0 Å². The number of piperidine rings is 1. The Kier molecular flexibility index (Phi) is 2.95. The van der Waals surface area contributed by atoms with Crippen molar-refractivity contribution in [2.24, 2.45) is 17.8 Å². The summed E-state index contributed by atoms with van der Waals surface area (Å²) in [6.45, 7) is 0.745. The highest BCUT2D eigenvalue weighted by Gasteiger charge is 2.45. The molecule has 19 heavy (non-hydrogen) atoms. The van der Waals surface area contributed by atoms with Crippen LogP contribution < -0.4 is 5.32 Å². The molecule has 0 spiro atoms. The standard InChI is InChI=1S/C13H18N2O4/c16-11-8-3-7(12(17)18)4-9(11)6-15(5-8)13(19)14-10-1-2-10/h7-10H,1-6H2,(H,14,19)(H,17,18). The second-order valence-electron chi connectivity index (χ2n) is 5.93. The van der Waals surface area contributed by atoms with E-state index in [1.807, 2.05) is 0 Å². The van der Waals surface area contributed by atoms with E-state index in [2.05, 4.69) is 5.32 Å². The molecule has 0 radical (unpaired) electrons. The summed E-state index contributed by atoms with van der Waals surface area (Å²) in [6, 6.07) is 0.204. The minimum atomic E-state index is -0.821. The Morgan fingerprint density at radius 1 is 1.16 bits per heavy atom. The highest BCUT2D eigenvalue weighted by Crippen LogP contribution is 2.35. The molecule has 6 heteroatoms. The lowest BCUT2D eigenvalue weighted by molar-refractivity contribution is -0.148. The molecule has 3 fully saturated rings. The summed E-state index contributed by atoms with van der Waals surface area (Å²) in [7, 11) is 0. The van der Waals surface area contributed by atoms with E-state index in [4.69, 9.17) is 5.11 Å². The maximum Gasteiger partial charge on any atom is 0.317 e. The monoisotopic (exact) mass is 266 g/mol. The Hall–Kier alpha value is -1.59. The van der Waals surface area contributed by atoms with Gasteiger partial charge in [0.25, 0.3) is 0 Å². The molecule has 2 N–H and O–H groups in total. The summed E-state index contributed by atoms with van der Waals surface area (Å²) in [6.07, 6.45) is 2.81. The molecule has 2 bridgehead atoms. The molecule has 1 aliphatic heterocycles. The van der Waals surface area contributed by atoms with Crippen LogP contribution in [0.1, 0.15) is 25.7 Å².